The third kappa shape index (κ3) is 5.14. The lowest BCUT2D eigenvalue weighted by Crippen LogP contribution is -2.56. The number of halogens is 1. The molecular formula is C29H36ClN7O3. The van der Waals surface area contributed by atoms with Gasteiger partial charge in [-0.3, -0.25) is 14.5 Å². The minimum Gasteiger partial charge on any atom is -0.372 e. The van der Waals surface area contributed by atoms with Crippen LogP contribution in [0.2, 0.25) is 5.02 Å². The van der Waals surface area contributed by atoms with Gasteiger partial charge in [-0.05, 0) is 51.2 Å². The second kappa shape index (κ2) is 10.6. The number of H-pyrrole nitrogens is 1. The van der Waals surface area contributed by atoms with Crippen LogP contribution in [0.5, 0.6) is 0 Å². The number of hydrogen-bond acceptors (Lipinski definition) is 8. The summed E-state index contributed by atoms with van der Waals surface area (Å²) in [5.41, 5.74) is 3.25. The Hall–Kier alpha value is -3.24. The number of aromatic amines is 1. The molecule has 2 fully saturated rings. The van der Waals surface area contributed by atoms with Crippen molar-refractivity contribution in [1.82, 2.24) is 29.7 Å². The molecule has 1 saturated carbocycles. The first kappa shape index (κ1) is 27.0. The quantitative estimate of drug-likeness (QED) is 0.316. The molecule has 0 amide bonds. The smallest absolute Gasteiger partial charge is 0.372 e. The Morgan fingerprint density at radius 1 is 1.12 bits per heavy atom. The summed E-state index contributed by atoms with van der Waals surface area (Å²) in [6, 6.07) is 3.82. The molecule has 1 aliphatic heterocycles. The van der Waals surface area contributed by atoms with Crippen molar-refractivity contribution < 1.29 is 9.26 Å². The highest BCUT2D eigenvalue weighted by atomic mass is 35.5. The Morgan fingerprint density at radius 2 is 1.93 bits per heavy atom. The molecule has 1 N–H and O–H groups in total. The van der Waals surface area contributed by atoms with Crippen molar-refractivity contribution >= 4 is 28.6 Å². The molecule has 6 rings (SSSR count). The highest BCUT2D eigenvalue weighted by molar-refractivity contribution is 6.30. The molecule has 11 heteroatoms. The van der Waals surface area contributed by atoms with Crippen LogP contribution in [0.15, 0.2) is 33.8 Å². The van der Waals surface area contributed by atoms with Crippen molar-refractivity contribution in [3.8, 4) is 22.8 Å². The molecule has 212 valence electrons. The standard InChI is InChI=1S/C29H36ClN7O3/c1-17-5-7-19(8-6-17)9-10-37-25-22(33-27(37)36-11-12-39-29(3,4)18(36)2)14-23(26-34-28(38)40-35-26)32-24(25)20-13-21(30)16-31-15-20/h13-19H,5-12H2,1-4H3,(H,34,35,38). The first-order valence-corrected chi connectivity index (χ1v) is 14.6. The summed E-state index contributed by atoms with van der Waals surface area (Å²) in [6.07, 6.45) is 9.52. The van der Waals surface area contributed by atoms with Crippen molar-refractivity contribution in [3.05, 3.63) is 40.1 Å². The van der Waals surface area contributed by atoms with Gasteiger partial charge in [0, 0.05) is 31.0 Å². The number of hydrogen-bond donors (Lipinski definition) is 1. The van der Waals surface area contributed by atoms with Gasteiger partial charge in [-0.2, -0.15) is 0 Å². The van der Waals surface area contributed by atoms with Gasteiger partial charge in [0.2, 0.25) is 11.8 Å². The summed E-state index contributed by atoms with van der Waals surface area (Å²) < 4.78 is 13.2. The van der Waals surface area contributed by atoms with E-state index in [1.54, 1.807) is 12.4 Å². The topological polar surface area (TPSA) is 115 Å². The lowest BCUT2D eigenvalue weighted by molar-refractivity contribution is -0.0536. The predicted octanol–water partition coefficient (Wildman–Crippen LogP) is 5.71. The second-order valence-corrected chi connectivity index (χ2v) is 12.3. The third-order valence-electron chi connectivity index (χ3n) is 8.80. The molecule has 5 heterocycles. The number of nitrogens with one attached hydrogen (secondary N) is 1. The SMILES string of the molecule is CC1CCC(CCn2c(N3CCOC(C)(C)C3C)nc3cc(-c4noc(=O)[nH]4)nc(-c4cncc(Cl)c4)c32)CC1. The molecule has 0 bridgehead atoms. The number of rotatable bonds is 6. The monoisotopic (exact) mass is 565 g/mol. The minimum absolute atomic E-state index is 0.1000. The number of aromatic nitrogens is 6. The third-order valence-corrected chi connectivity index (χ3v) is 9.01. The van der Waals surface area contributed by atoms with Gasteiger partial charge >= 0.3 is 5.76 Å². The van der Waals surface area contributed by atoms with Crippen molar-refractivity contribution in [2.75, 3.05) is 18.1 Å². The van der Waals surface area contributed by atoms with E-state index in [-0.39, 0.29) is 17.5 Å². The van der Waals surface area contributed by atoms with E-state index in [1.807, 2.05) is 12.1 Å². The molecule has 10 nitrogen and oxygen atoms in total. The van der Waals surface area contributed by atoms with E-state index in [0.29, 0.717) is 28.9 Å². The molecule has 1 unspecified atom stereocenters. The number of aryl methyl sites for hydroxylation is 1. The van der Waals surface area contributed by atoms with Gasteiger partial charge in [-0.15, -0.1) is 0 Å². The van der Waals surface area contributed by atoms with Crippen LogP contribution in [-0.2, 0) is 11.3 Å². The fraction of sp³-hybridized carbons (Fsp3) is 0.552. The summed E-state index contributed by atoms with van der Waals surface area (Å²) in [6.45, 7) is 11.0. The van der Waals surface area contributed by atoms with Crippen LogP contribution >= 0.6 is 11.6 Å². The molecule has 1 atom stereocenters. The van der Waals surface area contributed by atoms with Crippen LogP contribution in [0.4, 0.5) is 5.95 Å². The van der Waals surface area contributed by atoms with Gasteiger partial charge in [-0.25, -0.2) is 14.8 Å². The van der Waals surface area contributed by atoms with Gasteiger partial charge in [0.15, 0.2) is 0 Å². The zero-order valence-electron chi connectivity index (χ0n) is 23.5. The molecule has 2 aliphatic rings. The number of pyridine rings is 2. The van der Waals surface area contributed by atoms with Crippen LogP contribution in [0.1, 0.15) is 59.8 Å². The number of imidazole rings is 1. The van der Waals surface area contributed by atoms with E-state index in [2.05, 4.69) is 52.3 Å². The number of nitrogens with zero attached hydrogens (tertiary/aromatic N) is 6. The van der Waals surface area contributed by atoms with Crippen molar-refractivity contribution in [2.24, 2.45) is 11.8 Å². The summed E-state index contributed by atoms with van der Waals surface area (Å²) in [5, 5.41) is 4.40. The fourth-order valence-corrected chi connectivity index (χ4v) is 6.25. The van der Waals surface area contributed by atoms with E-state index in [4.69, 9.17) is 30.8 Å². The highest BCUT2D eigenvalue weighted by Gasteiger charge is 2.38. The van der Waals surface area contributed by atoms with Crippen LogP contribution < -0.4 is 10.7 Å². The largest absolute Gasteiger partial charge is 0.439 e. The zero-order valence-corrected chi connectivity index (χ0v) is 24.2. The van der Waals surface area contributed by atoms with Crippen LogP contribution in [-0.4, -0.2) is 54.5 Å². The van der Waals surface area contributed by atoms with Gasteiger partial charge < -0.3 is 14.2 Å². The second-order valence-electron chi connectivity index (χ2n) is 11.9. The minimum atomic E-state index is -0.639. The summed E-state index contributed by atoms with van der Waals surface area (Å²) in [7, 11) is 0. The molecule has 1 aliphatic carbocycles. The molecule has 40 heavy (non-hydrogen) atoms. The Balaban J connectivity index is 1.54. The number of anilines is 1. The highest BCUT2D eigenvalue weighted by Crippen LogP contribution is 2.38. The van der Waals surface area contributed by atoms with Crippen LogP contribution in [0, 0.1) is 11.8 Å². The average Bonchev–Trinajstić information content (AvgIpc) is 3.53. The Labute approximate surface area is 238 Å². The maximum absolute atomic E-state index is 11.8. The maximum atomic E-state index is 11.8. The molecule has 4 aromatic heterocycles. The maximum Gasteiger partial charge on any atom is 0.439 e. The average molecular weight is 566 g/mol. The number of ether oxygens (including phenoxy) is 1. The summed E-state index contributed by atoms with van der Waals surface area (Å²) in [5.74, 6) is 2.00. The predicted molar refractivity (Wildman–Crippen MR) is 154 cm³/mol. The van der Waals surface area contributed by atoms with Crippen LogP contribution in [0.3, 0.4) is 0 Å². The summed E-state index contributed by atoms with van der Waals surface area (Å²) in [4.78, 5) is 31.3. The molecule has 0 spiro atoms. The first-order valence-electron chi connectivity index (χ1n) is 14.2. The lowest BCUT2D eigenvalue weighted by Gasteiger charge is -2.45. The molecule has 0 radical (unpaired) electrons. The zero-order chi connectivity index (χ0) is 28.0. The Bertz CT molecular complexity index is 1570. The van der Waals surface area contributed by atoms with E-state index < -0.39 is 5.76 Å². The molecular weight excluding hydrogens is 530 g/mol. The lowest BCUT2D eigenvalue weighted by atomic mass is 9.81. The van der Waals surface area contributed by atoms with Crippen molar-refractivity contribution in [1.29, 1.82) is 0 Å². The molecule has 4 aromatic rings. The first-order chi connectivity index (χ1) is 19.2. The van der Waals surface area contributed by atoms with Crippen molar-refractivity contribution in [2.45, 2.75) is 78.0 Å². The molecule has 1 saturated heterocycles. The van der Waals surface area contributed by atoms with Crippen molar-refractivity contribution in [3.63, 3.8) is 0 Å². The fourth-order valence-electron chi connectivity index (χ4n) is 6.08. The molecule has 0 aromatic carbocycles. The number of fused-ring (bicyclic) bond motifs is 1. The van der Waals surface area contributed by atoms with E-state index >= 15 is 0 Å². The van der Waals surface area contributed by atoms with Gasteiger partial charge in [0.05, 0.1) is 40.0 Å². The van der Waals surface area contributed by atoms with Gasteiger partial charge in [0.25, 0.3) is 0 Å². The van der Waals surface area contributed by atoms with E-state index in [9.17, 15) is 4.79 Å². The Kier molecular flexibility index (Phi) is 7.16. The normalized spacial score (nSPS) is 23.1. The van der Waals surface area contributed by atoms with E-state index in [0.717, 1.165) is 48.0 Å². The van der Waals surface area contributed by atoms with Gasteiger partial charge in [0.1, 0.15) is 5.69 Å². The summed E-state index contributed by atoms with van der Waals surface area (Å²) >= 11 is 6.39. The van der Waals surface area contributed by atoms with E-state index in [1.165, 1.54) is 25.7 Å². The van der Waals surface area contributed by atoms with Gasteiger partial charge in [-0.1, -0.05) is 49.4 Å². The van der Waals surface area contributed by atoms with Crippen LogP contribution in [0.25, 0.3) is 33.8 Å². The Morgan fingerprint density at radius 3 is 2.65 bits per heavy atom. The number of morpholine rings is 1.